The van der Waals surface area contributed by atoms with Crippen LogP contribution in [-0.2, 0) is 0 Å². The monoisotopic (exact) mass is 282 g/mol. The molecule has 0 aliphatic carbocycles. The summed E-state index contributed by atoms with van der Waals surface area (Å²) in [7, 11) is 1.87. The van der Waals surface area contributed by atoms with E-state index in [2.05, 4.69) is 22.3 Å². The summed E-state index contributed by atoms with van der Waals surface area (Å²) in [6, 6.07) is 8.21. The zero-order valence-electron chi connectivity index (χ0n) is 10.7. The zero-order valence-corrected chi connectivity index (χ0v) is 12.3. The first-order valence-electron chi connectivity index (χ1n) is 6.09. The molecule has 1 fully saturated rings. The van der Waals surface area contributed by atoms with Crippen LogP contribution in [0.5, 0.6) is 5.75 Å². The van der Waals surface area contributed by atoms with E-state index in [0.29, 0.717) is 6.61 Å². The maximum Gasteiger partial charge on any atom is 0.169 e. The number of nitrogens with zero attached hydrogens (tertiary/aromatic N) is 1. The van der Waals surface area contributed by atoms with E-state index < -0.39 is 0 Å². The van der Waals surface area contributed by atoms with E-state index in [9.17, 15) is 0 Å². The summed E-state index contributed by atoms with van der Waals surface area (Å²) in [5, 5.41) is 4.12. The van der Waals surface area contributed by atoms with Crippen molar-refractivity contribution < 1.29 is 4.74 Å². The molecule has 1 atom stereocenters. The Morgan fingerprint density at radius 3 is 3.06 bits per heavy atom. The van der Waals surface area contributed by atoms with Crippen molar-refractivity contribution in [1.29, 1.82) is 0 Å². The SMILES string of the molecule is CCOc1ccccc1C1SCCN1C(=S)NC. The number of thioether (sulfide) groups is 1. The number of hydrogen-bond acceptors (Lipinski definition) is 3. The van der Waals surface area contributed by atoms with Gasteiger partial charge in [-0.05, 0) is 25.2 Å². The van der Waals surface area contributed by atoms with Crippen LogP contribution >= 0.6 is 24.0 Å². The molecule has 0 bridgehead atoms. The Bertz CT molecular complexity index is 425. The second-order valence-electron chi connectivity index (χ2n) is 3.94. The number of para-hydroxylation sites is 1. The number of nitrogens with one attached hydrogen (secondary N) is 1. The van der Waals surface area contributed by atoms with Crippen molar-refractivity contribution in [2.45, 2.75) is 12.3 Å². The van der Waals surface area contributed by atoms with Crippen LogP contribution in [0.2, 0.25) is 0 Å². The van der Waals surface area contributed by atoms with E-state index in [0.717, 1.165) is 23.2 Å². The van der Waals surface area contributed by atoms with Crippen LogP contribution in [0.4, 0.5) is 0 Å². The molecule has 2 rings (SSSR count). The third-order valence-corrected chi connectivity index (χ3v) is 4.53. The highest BCUT2D eigenvalue weighted by molar-refractivity contribution is 7.99. The second kappa shape index (κ2) is 6.29. The van der Waals surface area contributed by atoms with Crippen molar-refractivity contribution >= 4 is 29.1 Å². The topological polar surface area (TPSA) is 24.5 Å². The smallest absolute Gasteiger partial charge is 0.169 e. The number of thiocarbonyl (C=S) groups is 1. The average Bonchev–Trinajstić information content (AvgIpc) is 2.88. The molecule has 1 N–H and O–H groups in total. The summed E-state index contributed by atoms with van der Waals surface area (Å²) in [5.74, 6) is 2.05. The third kappa shape index (κ3) is 2.72. The maximum absolute atomic E-state index is 5.71. The lowest BCUT2D eigenvalue weighted by molar-refractivity contribution is 0.329. The van der Waals surface area contributed by atoms with E-state index in [4.69, 9.17) is 17.0 Å². The minimum Gasteiger partial charge on any atom is -0.493 e. The van der Waals surface area contributed by atoms with Crippen molar-refractivity contribution in [2.75, 3.05) is 26.0 Å². The van der Waals surface area contributed by atoms with Crippen LogP contribution in [-0.4, -0.2) is 36.0 Å². The van der Waals surface area contributed by atoms with Gasteiger partial charge in [0.25, 0.3) is 0 Å². The quantitative estimate of drug-likeness (QED) is 0.859. The number of rotatable bonds is 3. The first-order chi connectivity index (χ1) is 8.77. The molecule has 98 valence electrons. The second-order valence-corrected chi connectivity index (χ2v) is 5.52. The van der Waals surface area contributed by atoms with E-state index in [1.807, 2.05) is 37.9 Å². The number of ether oxygens (including phenoxy) is 1. The van der Waals surface area contributed by atoms with Gasteiger partial charge in [0.05, 0.1) is 6.61 Å². The van der Waals surface area contributed by atoms with Crippen molar-refractivity contribution in [3.05, 3.63) is 29.8 Å². The van der Waals surface area contributed by atoms with Gasteiger partial charge < -0.3 is 15.0 Å². The fourth-order valence-electron chi connectivity index (χ4n) is 2.05. The van der Waals surface area contributed by atoms with Gasteiger partial charge in [0, 0.05) is 24.9 Å². The standard InChI is InChI=1S/C13H18N2OS2/c1-3-16-11-7-5-4-6-10(11)12-15(8-9-18-12)13(17)14-2/h4-7,12H,3,8-9H2,1-2H3,(H,14,17). The van der Waals surface area contributed by atoms with E-state index in [-0.39, 0.29) is 5.37 Å². The van der Waals surface area contributed by atoms with Gasteiger partial charge in [-0.25, -0.2) is 0 Å². The Balaban J connectivity index is 2.27. The average molecular weight is 282 g/mol. The summed E-state index contributed by atoms with van der Waals surface area (Å²) in [6.07, 6.45) is 0. The van der Waals surface area contributed by atoms with E-state index >= 15 is 0 Å². The minimum absolute atomic E-state index is 0.257. The molecular weight excluding hydrogens is 264 g/mol. The molecule has 0 spiro atoms. The van der Waals surface area contributed by atoms with Crippen LogP contribution in [0.15, 0.2) is 24.3 Å². The molecule has 3 nitrogen and oxygen atoms in total. The van der Waals surface area contributed by atoms with Crippen LogP contribution in [0.1, 0.15) is 17.9 Å². The lowest BCUT2D eigenvalue weighted by Gasteiger charge is -2.27. The van der Waals surface area contributed by atoms with Crippen LogP contribution in [0.3, 0.4) is 0 Å². The fourth-order valence-corrected chi connectivity index (χ4v) is 3.60. The van der Waals surface area contributed by atoms with Crippen molar-refractivity contribution in [1.82, 2.24) is 10.2 Å². The normalized spacial score (nSPS) is 18.8. The molecule has 1 aliphatic heterocycles. The molecule has 1 unspecified atom stereocenters. The van der Waals surface area contributed by atoms with Crippen molar-refractivity contribution in [2.24, 2.45) is 0 Å². The Morgan fingerprint density at radius 1 is 1.56 bits per heavy atom. The number of benzene rings is 1. The van der Waals surface area contributed by atoms with Crippen LogP contribution in [0, 0.1) is 0 Å². The molecule has 0 saturated carbocycles. The Morgan fingerprint density at radius 2 is 2.33 bits per heavy atom. The minimum atomic E-state index is 0.257. The molecule has 5 heteroatoms. The predicted molar refractivity (Wildman–Crippen MR) is 81.2 cm³/mol. The molecule has 1 aromatic rings. The van der Waals surface area contributed by atoms with Gasteiger partial charge in [-0.2, -0.15) is 0 Å². The highest BCUT2D eigenvalue weighted by Crippen LogP contribution is 2.41. The largest absolute Gasteiger partial charge is 0.493 e. The molecule has 1 aromatic carbocycles. The Hall–Kier alpha value is -0.940. The molecular formula is C13H18N2OS2. The molecule has 1 aliphatic rings. The molecule has 18 heavy (non-hydrogen) atoms. The Labute approximate surface area is 118 Å². The van der Waals surface area contributed by atoms with Crippen LogP contribution < -0.4 is 10.1 Å². The summed E-state index contributed by atoms with van der Waals surface area (Å²) >= 11 is 7.27. The highest BCUT2D eigenvalue weighted by Gasteiger charge is 2.30. The van der Waals surface area contributed by atoms with Gasteiger partial charge in [-0.15, -0.1) is 11.8 Å². The maximum atomic E-state index is 5.71. The van der Waals surface area contributed by atoms with Crippen LogP contribution in [0.25, 0.3) is 0 Å². The van der Waals surface area contributed by atoms with Crippen molar-refractivity contribution in [3.8, 4) is 5.75 Å². The van der Waals surface area contributed by atoms with Gasteiger partial charge >= 0.3 is 0 Å². The summed E-state index contributed by atoms with van der Waals surface area (Å²) < 4.78 is 5.71. The van der Waals surface area contributed by atoms with Gasteiger partial charge in [-0.1, -0.05) is 18.2 Å². The molecule has 0 aromatic heterocycles. The van der Waals surface area contributed by atoms with Gasteiger partial charge in [-0.3, -0.25) is 0 Å². The first-order valence-corrected chi connectivity index (χ1v) is 7.55. The molecule has 0 radical (unpaired) electrons. The molecule has 0 amide bonds. The first kappa shape index (κ1) is 13.5. The van der Waals surface area contributed by atoms with Gasteiger partial charge in [0.15, 0.2) is 5.11 Å². The zero-order chi connectivity index (χ0) is 13.0. The van der Waals surface area contributed by atoms with Crippen molar-refractivity contribution in [3.63, 3.8) is 0 Å². The fraction of sp³-hybridized carbons (Fsp3) is 0.462. The highest BCUT2D eigenvalue weighted by atomic mass is 32.2. The molecule has 1 heterocycles. The van der Waals surface area contributed by atoms with E-state index in [1.165, 1.54) is 5.56 Å². The third-order valence-electron chi connectivity index (χ3n) is 2.85. The van der Waals surface area contributed by atoms with E-state index in [1.54, 1.807) is 0 Å². The summed E-state index contributed by atoms with van der Waals surface area (Å²) in [5.41, 5.74) is 1.21. The summed E-state index contributed by atoms with van der Waals surface area (Å²) in [4.78, 5) is 2.22. The van der Waals surface area contributed by atoms with Gasteiger partial charge in [0.2, 0.25) is 0 Å². The molecule has 1 saturated heterocycles. The predicted octanol–water partition coefficient (Wildman–Crippen LogP) is 2.64. The number of hydrogen-bond donors (Lipinski definition) is 1. The lowest BCUT2D eigenvalue weighted by atomic mass is 10.2. The van der Waals surface area contributed by atoms with Gasteiger partial charge in [0.1, 0.15) is 11.1 Å². The summed E-state index contributed by atoms with van der Waals surface area (Å²) in [6.45, 7) is 3.68. The lowest BCUT2D eigenvalue weighted by Crippen LogP contribution is -2.37. The Kier molecular flexibility index (Phi) is 4.72.